The Morgan fingerprint density at radius 2 is 1.84 bits per heavy atom. The highest BCUT2D eigenvalue weighted by atomic mass is 32.2. The van der Waals surface area contributed by atoms with Crippen molar-refractivity contribution in [3.05, 3.63) is 71.3 Å². The van der Waals surface area contributed by atoms with Gasteiger partial charge >= 0.3 is 0 Å². The number of rotatable bonds is 4. The topological polar surface area (TPSA) is 17.1 Å². The molecule has 2 aromatic carbocycles. The quantitative estimate of drug-likeness (QED) is 0.828. The first-order valence-corrected chi connectivity index (χ1v) is 7.32. The van der Waals surface area contributed by atoms with Gasteiger partial charge in [0.1, 0.15) is 11.6 Å². The predicted octanol–water partition coefficient (Wildman–Crippen LogP) is 3.97. The molecule has 0 saturated heterocycles. The van der Waals surface area contributed by atoms with Crippen LogP contribution in [0.3, 0.4) is 0 Å². The first-order chi connectivity index (χ1) is 9.08. The van der Waals surface area contributed by atoms with Gasteiger partial charge in [0.25, 0.3) is 0 Å². The lowest BCUT2D eigenvalue weighted by atomic mass is 10.1. The minimum absolute atomic E-state index is 0.216. The molecule has 0 N–H and O–H groups in total. The highest BCUT2D eigenvalue weighted by Crippen LogP contribution is 2.24. The Labute approximate surface area is 113 Å². The molecular formula is C15H14F2OS. The van der Waals surface area contributed by atoms with E-state index in [0.717, 1.165) is 0 Å². The zero-order valence-corrected chi connectivity index (χ0v) is 11.3. The van der Waals surface area contributed by atoms with Crippen LogP contribution >= 0.6 is 0 Å². The van der Waals surface area contributed by atoms with Crippen molar-refractivity contribution in [3.8, 4) is 0 Å². The minimum atomic E-state index is -1.29. The van der Waals surface area contributed by atoms with Gasteiger partial charge in [0.05, 0.1) is 5.25 Å². The summed E-state index contributed by atoms with van der Waals surface area (Å²) in [5.41, 5.74) is 1.08. The van der Waals surface area contributed by atoms with Gasteiger partial charge in [-0.3, -0.25) is 4.21 Å². The van der Waals surface area contributed by atoms with Crippen LogP contribution in [0.2, 0.25) is 0 Å². The molecule has 2 atom stereocenters. The van der Waals surface area contributed by atoms with E-state index in [1.165, 1.54) is 18.2 Å². The molecule has 0 saturated carbocycles. The van der Waals surface area contributed by atoms with Gasteiger partial charge in [0, 0.05) is 22.1 Å². The second-order valence-corrected chi connectivity index (χ2v) is 6.08. The third-order valence-corrected chi connectivity index (χ3v) is 4.60. The maximum absolute atomic E-state index is 13.6. The summed E-state index contributed by atoms with van der Waals surface area (Å²) >= 11 is 0. The molecule has 0 amide bonds. The molecule has 19 heavy (non-hydrogen) atoms. The van der Waals surface area contributed by atoms with E-state index in [9.17, 15) is 13.0 Å². The summed E-state index contributed by atoms with van der Waals surface area (Å²) in [5.74, 6) is -0.497. The van der Waals surface area contributed by atoms with Crippen molar-refractivity contribution in [1.82, 2.24) is 0 Å². The van der Waals surface area contributed by atoms with E-state index >= 15 is 0 Å². The maximum Gasteiger partial charge on any atom is 0.127 e. The van der Waals surface area contributed by atoms with Gasteiger partial charge in [0.2, 0.25) is 0 Å². The number of hydrogen-bond donors (Lipinski definition) is 0. The molecule has 4 heteroatoms. The lowest BCUT2D eigenvalue weighted by Crippen LogP contribution is -2.07. The first-order valence-electron chi connectivity index (χ1n) is 5.94. The van der Waals surface area contributed by atoms with Crippen LogP contribution < -0.4 is 0 Å². The highest BCUT2D eigenvalue weighted by molar-refractivity contribution is 7.84. The van der Waals surface area contributed by atoms with Crippen LogP contribution in [0, 0.1) is 11.6 Å². The van der Waals surface area contributed by atoms with Crippen molar-refractivity contribution in [2.24, 2.45) is 0 Å². The fourth-order valence-corrected chi connectivity index (χ4v) is 3.09. The van der Waals surface area contributed by atoms with E-state index in [0.29, 0.717) is 11.1 Å². The molecule has 0 aromatic heterocycles. The summed E-state index contributed by atoms with van der Waals surface area (Å²) in [5, 5.41) is -0.426. The van der Waals surface area contributed by atoms with Crippen LogP contribution in [0.5, 0.6) is 0 Å². The molecule has 0 fully saturated rings. The monoisotopic (exact) mass is 280 g/mol. The van der Waals surface area contributed by atoms with Crippen LogP contribution in [0.4, 0.5) is 8.78 Å². The number of hydrogen-bond acceptors (Lipinski definition) is 1. The van der Waals surface area contributed by atoms with E-state index in [1.807, 2.05) is 0 Å². The summed E-state index contributed by atoms with van der Waals surface area (Å²) in [4.78, 5) is 0. The Bertz CT molecular complexity index is 598. The van der Waals surface area contributed by atoms with Gasteiger partial charge in [0.15, 0.2) is 0 Å². The Morgan fingerprint density at radius 3 is 2.53 bits per heavy atom. The van der Waals surface area contributed by atoms with E-state index in [-0.39, 0.29) is 17.4 Å². The average Bonchev–Trinajstić information content (AvgIpc) is 2.38. The summed E-state index contributed by atoms with van der Waals surface area (Å²) in [6.07, 6.45) is 0. The molecule has 1 nitrogen and oxygen atoms in total. The van der Waals surface area contributed by atoms with Gasteiger partial charge < -0.3 is 0 Å². The van der Waals surface area contributed by atoms with Crippen molar-refractivity contribution in [2.45, 2.75) is 17.9 Å². The summed E-state index contributed by atoms with van der Waals surface area (Å²) in [7, 11) is -1.29. The molecule has 0 spiro atoms. The normalized spacial score (nSPS) is 14.1. The Hall–Kier alpha value is -1.55. The van der Waals surface area contributed by atoms with Crippen molar-refractivity contribution in [2.75, 3.05) is 0 Å². The molecular weight excluding hydrogens is 266 g/mol. The van der Waals surface area contributed by atoms with Crippen molar-refractivity contribution < 1.29 is 13.0 Å². The lowest BCUT2D eigenvalue weighted by Gasteiger charge is -2.12. The molecule has 0 bridgehead atoms. The van der Waals surface area contributed by atoms with Gasteiger partial charge in [-0.2, -0.15) is 0 Å². The second-order valence-electron chi connectivity index (χ2n) is 4.32. The van der Waals surface area contributed by atoms with Gasteiger partial charge in [-0.05, 0) is 30.7 Å². The van der Waals surface area contributed by atoms with Crippen molar-refractivity contribution in [3.63, 3.8) is 0 Å². The molecule has 100 valence electrons. The van der Waals surface area contributed by atoms with E-state index in [1.54, 1.807) is 37.3 Å². The maximum atomic E-state index is 13.6. The predicted molar refractivity (Wildman–Crippen MR) is 73.1 cm³/mol. The SMILES string of the molecule is C[C@@H](c1ccccc1F)[S@](=O)Cc1cccc(F)c1. The second kappa shape index (κ2) is 6.06. The molecule has 0 heterocycles. The molecule has 0 aliphatic rings. The van der Waals surface area contributed by atoms with Gasteiger partial charge in [-0.1, -0.05) is 30.3 Å². The average molecular weight is 280 g/mol. The highest BCUT2D eigenvalue weighted by Gasteiger charge is 2.17. The van der Waals surface area contributed by atoms with Crippen LogP contribution in [0.15, 0.2) is 48.5 Å². The molecule has 2 aromatic rings. The third-order valence-electron chi connectivity index (χ3n) is 2.94. The third kappa shape index (κ3) is 3.47. The summed E-state index contributed by atoms with van der Waals surface area (Å²) in [6.45, 7) is 1.72. The summed E-state index contributed by atoms with van der Waals surface area (Å²) < 4.78 is 38.9. The van der Waals surface area contributed by atoms with Crippen molar-refractivity contribution in [1.29, 1.82) is 0 Å². The first kappa shape index (κ1) is 13.9. The smallest absolute Gasteiger partial charge is 0.127 e. The molecule has 0 aliphatic heterocycles. The fraction of sp³-hybridized carbons (Fsp3) is 0.200. The minimum Gasteiger partial charge on any atom is -0.259 e. The van der Waals surface area contributed by atoms with E-state index in [4.69, 9.17) is 0 Å². The van der Waals surface area contributed by atoms with Crippen LogP contribution in [0.1, 0.15) is 23.3 Å². The lowest BCUT2D eigenvalue weighted by molar-refractivity contribution is 0.606. The largest absolute Gasteiger partial charge is 0.259 e. The molecule has 2 rings (SSSR count). The number of benzene rings is 2. The summed E-state index contributed by atoms with van der Waals surface area (Å²) in [6, 6.07) is 12.3. The zero-order valence-electron chi connectivity index (χ0n) is 10.5. The molecule has 0 radical (unpaired) electrons. The zero-order chi connectivity index (χ0) is 13.8. The Kier molecular flexibility index (Phi) is 4.43. The Balaban J connectivity index is 2.14. The van der Waals surface area contributed by atoms with Gasteiger partial charge in [-0.25, -0.2) is 8.78 Å². The fourth-order valence-electron chi connectivity index (χ4n) is 1.86. The van der Waals surface area contributed by atoms with Crippen molar-refractivity contribution >= 4 is 10.8 Å². The van der Waals surface area contributed by atoms with Crippen LogP contribution in [0.25, 0.3) is 0 Å². The van der Waals surface area contributed by atoms with E-state index < -0.39 is 16.0 Å². The standard InChI is InChI=1S/C15H14F2OS/c1-11(14-7-2-3-8-15(14)17)19(18)10-12-5-4-6-13(16)9-12/h2-9,11H,10H2,1H3/t11-,19+/m0/s1. The van der Waals surface area contributed by atoms with E-state index in [2.05, 4.69) is 0 Å². The van der Waals surface area contributed by atoms with Crippen LogP contribution in [-0.2, 0) is 16.6 Å². The molecule has 0 aliphatic carbocycles. The van der Waals surface area contributed by atoms with Crippen LogP contribution in [-0.4, -0.2) is 4.21 Å². The Morgan fingerprint density at radius 1 is 1.11 bits per heavy atom. The molecule has 0 unspecified atom stereocenters. The number of halogens is 2. The van der Waals surface area contributed by atoms with Gasteiger partial charge in [-0.15, -0.1) is 0 Å².